The van der Waals surface area contributed by atoms with Gasteiger partial charge in [-0.25, -0.2) is 0 Å². The molecular formula is C14H27NO4. The molecule has 5 heteroatoms. The molecule has 112 valence electrons. The molecule has 0 rings (SSSR count). The van der Waals surface area contributed by atoms with Gasteiger partial charge < -0.3 is 9.47 Å². The van der Waals surface area contributed by atoms with Crippen LogP contribution in [0.2, 0.25) is 0 Å². The third kappa shape index (κ3) is 6.05. The van der Waals surface area contributed by atoms with Gasteiger partial charge in [-0.15, -0.1) is 0 Å². The summed E-state index contributed by atoms with van der Waals surface area (Å²) >= 11 is 0. The molecule has 0 aliphatic carbocycles. The summed E-state index contributed by atoms with van der Waals surface area (Å²) < 4.78 is 10.0. The van der Waals surface area contributed by atoms with Crippen molar-refractivity contribution in [2.45, 2.75) is 66.1 Å². The van der Waals surface area contributed by atoms with Gasteiger partial charge in [-0.05, 0) is 41.5 Å². The van der Waals surface area contributed by atoms with Crippen LogP contribution in [0.15, 0.2) is 0 Å². The predicted molar refractivity (Wildman–Crippen MR) is 73.8 cm³/mol. The monoisotopic (exact) mass is 273 g/mol. The first-order chi connectivity index (χ1) is 8.84. The largest absolute Gasteiger partial charge is 0.466 e. The number of nitrogens with zero attached hydrogens (tertiary/aromatic N) is 1. The van der Waals surface area contributed by atoms with Gasteiger partial charge in [-0.2, -0.15) is 0 Å². The summed E-state index contributed by atoms with van der Waals surface area (Å²) in [5.41, 5.74) is 0. The van der Waals surface area contributed by atoms with Gasteiger partial charge in [0.05, 0.1) is 19.6 Å². The van der Waals surface area contributed by atoms with Crippen molar-refractivity contribution in [2.75, 3.05) is 13.2 Å². The minimum absolute atomic E-state index is 0.0308. The van der Waals surface area contributed by atoms with Crippen LogP contribution >= 0.6 is 0 Å². The SMILES string of the molecule is CCOC(=O)CC(C(=O)OCC)N(C(C)C)C(C)C. The first-order valence-corrected chi connectivity index (χ1v) is 6.94. The van der Waals surface area contributed by atoms with Crippen LogP contribution < -0.4 is 0 Å². The van der Waals surface area contributed by atoms with Crippen LogP contribution in [0.3, 0.4) is 0 Å². The Bertz CT molecular complexity index is 281. The second kappa shape index (κ2) is 8.91. The van der Waals surface area contributed by atoms with E-state index in [1.807, 2.05) is 32.6 Å². The van der Waals surface area contributed by atoms with Crippen molar-refractivity contribution in [1.29, 1.82) is 0 Å². The summed E-state index contributed by atoms with van der Waals surface area (Å²) in [6.45, 7) is 12.1. The molecule has 0 aromatic carbocycles. The average molecular weight is 273 g/mol. The molecule has 0 aliphatic rings. The summed E-state index contributed by atoms with van der Waals surface area (Å²) in [6, 6.07) is -0.299. The van der Waals surface area contributed by atoms with Crippen molar-refractivity contribution in [3.05, 3.63) is 0 Å². The molecule has 0 saturated heterocycles. The average Bonchev–Trinajstić information content (AvgIpc) is 2.27. The number of hydrogen-bond donors (Lipinski definition) is 0. The van der Waals surface area contributed by atoms with E-state index in [0.717, 1.165) is 0 Å². The lowest BCUT2D eigenvalue weighted by Crippen LogP contribution is -2.50. The summed E-state index contributed by atoms with van der Waals surface area (Å²) in [6.07, 6.45) is 0.0308. The van der Waals surface area contributed by atoms with Crippen molar-refractivity contribution >= 4 is 11.9 Å². The molecule has 0 aromatic heterocycles. The van der Waals surface area contributed by atoms with Gasteiger partial charge in [0.2, 0.25) is 0 Å². The van der Waals surface area contributed by atoms with Crippen molar-refractivity contribution in [2.24, 2.45) is 0 Å². The fraction of sp³-hybridized carbons (Fsp3) is 0.857. The lowest BCUT2D eigenvalue weighted by atomic mass is 10.1. The molecule has 0 amide bonds. The molecule has 0 bridgehead atoms. The molecule has 1 unspecified atom stereocenters. The molecule has 19 heavy (non-hydrogen) atoms. The maximum atomic E-state index is 12.1. The van der Waals surface area contributed by atoms with Gasteiger partial charge in [-0.1, -0.05) is 0 Å². The first-order valence-electron chi connectivity index (χ1n) is 6.94. The second-order valence-electron chi connectivity index (χ2n) is 4.91. The highest BCUT2D eigenvalue weighted by Gasteiger charge is 2.33. The van der Waals surface area contributed by atoms with Gasteiger partial charge in [0.1, 0.15) is 6.04 Å². The highest BCUT2D eigenvalue weighted by atomic mass is 16.5. The van der Waals surface area contributed by atoms with E-state index in [4.69, 9.17) is 9.47 Å². The van der Waals surface area contributed by atoms with Crippen molar-refractivity contribution < 1.29 is 19.1 Å². The van der Waals surface area contributed by atoms with E-state index in [2.05, 4.69) is 0 Å². The maximum absolute atomic E-state index is 12.1. The van der Waals surface area contributed by atoms with E-state index in [1.54, 1.807) is 13.8 Å². The normalized spacial score (nSPS) is 12.9. The quantitative estimate of drug-likeness (QED) is 0.633. The minimum atomic E-state index is -0.584. The van der Waals surface area contributed by atoms with Crippen molar-refractivity contribution in [3.63, 3.8) is 0 Å². The van der Waals surface area contributed by atoms with Gasteiger partial charge >= 0.3 is 11.9 Å². The third-order valence-corrected chi connectivity index (χ3v) is 2.78. The van der Waals surface area contributed by atoms with E-state index in [9.17, 15) is 9.59 Å². The second-order valence-corrected chi connectivity index (χ2v) is 4.91. The third-order valence-electron chi connectivity index (χ3n) is 2.78. The van der Waals surface area contributed by atoms with Crippen LogP contribution in [0.4, 0.5) is 0 Å². The zero-order valence-electron chi connectivity index (χ0n) is 12.9. The summed E-state index contributed by atoms with van der Waals surface area (Å²) in [5.74, 6) is -0.732. The van der Waals surface area contributed by atoms with Crippen molar-refractivity contribution in [1.82, 2.24) is 4.90 Å². The molecular weight excluding hydrogens is 246 g/mol. The Labute approximate surface area is 116 Å². The zero-order chi connectivity index (χ0) is 15.0. The molecule has 0 fully saturated rings. The number of hydrogen-bond acceptors (Lipinski definition) is 5. The highest BCUT2D eigenvalue weighted by Crippen LogP contribution is 2.16. The van der Waals surface area contributed by atoms with Crippen molar-refractivity contribution in [3.8, 4) is 0 Å². The molecule has 5 nitrogen and oxygen atoms in total. The minimum Gasteiger partial charge on any atom is -0.466 e. The molecule has 0 spiro atoms. The highest BCUT2D eigenvalue weighted by molar-refractivity contribution is 5.82. The smallest absolute Gasteiger partial charge is 0.323 e. The number of ether oxygens (including phenoxy) is 2. The summed E-state index contributed by atoms with van der Waals surface area (Å²) in [4.78, 5) is 25.7. The van der Waals surface area contributed by atoms with Crippen LogP contribution in [-0.4, -0.2) is 48.2 Å². The summed E-state index contributed by atoms with van der Waals surface area (Å²) in [7, 11) is 0. The van der Waals surface area contributed by atoms with Gasteiger partial charge in [0, 0.05) is 12.1 Å². The van der Waals surface area contributed by atoms with Gasteiger partial charge in [-0.3, -0.25) is 14.5 Å². The molecule has 1 atom stereocenters. The maximum Gasteiger partial charge on any atom is 0.323 e. The van der Waals surface area contributed by atoms with Crippen LogP contribution in [0.5, 0.6) is 0 Å². The molecule has 0 heterocycles. The Morgan fingerprint density at radius 1 is 0.947 bits per heavy atom. The molecule has 0 aromatic rings. The molecule has 0 radical (unpaired) electrons. The van der Waals surface area contributed by atoms with Gasteiger partial charge in [0.15, 0.2) is 0 Å². The zero-order valence-corrected chi connectivity index (χ0v) is 12.9. The van der Waals surface area contributed by atoms with E-state index in [1.165, 1.54) is 0 Å². The fourth-order valence-corrected chi connectivity index (χ4v) is 2.24. The van der Waals surface area contributed by atoms with Crippen LogP contribution in [-0.2, 0) is 19.1 Å². The fourth-order valence-electron chi connectivity index (χ4n) is 2.24. The summed E-state index contributed by atoms with van der Waals surface area (Å²) in [5, 5.41) is 0. The lowest BCUT2D eigenvalue weighted by molar-refractivity contribution is -0.158. The Morgan fingerprint density at radius 2 is 1.42 bits per heavy atom. The van der Waals surface area contributed by atoms with Gasteiger partial charge in [0.25, 0.3) is 0 Å². The Morgan fingerprint density at radius 3 is 1.79 bits per heavy atom. The number of rotatable bonds is 8. The number of carbonyl (C=O) groups is 2. The van der Waals surface area contributed by atoms with E-state index in [-0.39, 0.29) is 30.4 Å². The number of esters is 2. The Hall–Kier alpha value is -1.10. The number of carbonyl (C=O) groups excluding carboxylic acids is 2. The predicted octanol–water partition coefficient (Wildman–Crippen LogP) is 1.99. The standard InChI is InChI=1S/C14H27NO4/c1-7-18-13(16)9-12(14(17)19-8-2)15(10(3)4)11(5)6/h10-12H,7-9H2,1-6H3. The van der Waals surface area contributed by atoms with E-state index in [0.29, 0.717) is 13.2 Å². The Balaban J connectivity index is 5.01. The Kier molecular flexibility index (Phi) is 8.39. The molecule has 0 N–H and O–H groups in total. The lowest BCUT2D eigenvalue weighted by Gasteiger charge is -2.36. The molecule has 0 aliphatic heterocycles. The topological polar surface area (TPSA) is 55.8 Å². The molecule has 0 saturated carbocycles. The van der Waals surface area contributed by atoms with E-state index >= 15 is 0 Å². The van der Waals surface area contributed by atoms with Crippen LogP contribution in [0, 0.1) is 0 Å². The first kappa shape index (κ1) is 17.9. The van der Waals surface area contributed by atoms with Crippen LogP contribution in [0.1, 0.15) is 48.0 Å². The van der Waals surface area contributed by atoms with E-state index < -0.39 is 6.04 Å². The van der Waals surface area contributed by atoms with Crippen LogP contribution in [0.25, 0.3) is 0 Å².